The van der Waals surface area contributed by atoms with Crippen molar-refractivity contribution in [1.82, 2.24) is 0 Å². The molecular weight excluding hydrogens is 228 g/mol. The molecule has 86 valence electrons. The van der Waals surface area contributed by atoms with Gasteiger partial charge in [-0.2, -0.15) is 0 Å². The summed E-state index contributed by atoms with van der Waals surface area (Å²) in [5.74, 6) is 1.93. The third-order valence-electron chi connectivity index (χ3n) is 2.05. The summed E-state index contributed by atoms with van der Waals surface area (Å²) >= 11 is 0. The molecule has 0 bridgehead atoms. The van der Waals surface area contributed by atoms with Crippen molar-refractivity contribution in [1.29, 1.82) is 0 Å². The third-order valence-corrected chi connectivity index (χ3v) is 4.91. The highest BCUT2D eigenvalue weighted by atomic mass is 33.1. The Morgan fingerprint density at radius 2 is 2.33 bits per heavy atom. The normalized spacial score (nSPS) is 12.9. The Hall–Kier alpha value is -0.0600. The summed E-state index contributed by atoms with van der Waals surface area (Å²) < 4.78 is 5.25. The van der Waals surface area contributed by atoms with E-state index in [0.717, 1.165) is 17.9 Å². The van der Waals surface area contributed by atoms with Gasteiger partial charge in [-0.3, -0.25) is 0 Å². The molecule has 0 saturated carbocycles. The second-order valence-electron chi connectivity index (χ2n) is 3.36. The second-order valence-corrected chi connectivity index (χ2v) is 6.03. The first-order valence-corrected chi connectivity index (χ1v) is 7.66. The summed E-state index contributed by atoms with van der Waals surface area (Å²) in [4.78, 5) is 0. The highest BCUT2D eigenvalue weighted by Gasteiger charge is 2.08. The zero-order chi connectivity index (χ0) is 10.9. The molecule has 1 unspecified atom stereocenters. The Bertz CT molecular complexity index is 231. The van der Waals surface area contributed by atoms with E-state index < -0.39 is 0 Å². The van der Waals surface area contributed by atoms with Gasteiger partial charge in [0, 0.05) is 11.9 Å². The molecule has 1 aromatic heterocycles. The molecule has 15 heavy (non-hydrogen) atoms. The van der Waals surface area contributed by atoms with Gasteiger partial charge in [0.25, 0.3) is 0 Å². The maximum atomic E-state index is 8.91. The van der Waals surface area contributed by atoms with Crippen LogP contribution in [0.5, 0.6) is 0 Å². The van der Waals surface area contributed by atoms with Crippen LogP contribution in [0.3, 0.4) is 0 Å². The fourth-order valence-corrected chi connectivity index (χ4v) is 4.07. The van der Waals surface area contributed by atoms with E-state index in [2.05, 4.69) is 6.92 Å². The van der Waals surface area contributed by atoms with Crippen LogP contribution < -0.4 is 0 Å². The number of hydrogen-bond acceptors (Lipinski definition) is 4. The summed E-state index contributed by atoms with van der Waals surface area (Å²) in [6.07, 6.45) is 4.96. The van der Waals surface area contributed by atoms with Crippen LogP contribution in [0.25, 0.3) is 0 Å². The molecule has 0 amide bonds. The van der Waals surface area contributed by atoms with Crippen LogP contribution in [-0.4, -0.2) is 17.0 Å². The van der Waals surface area contributed by atoms with Crippen LogP contribution in [0.4, 0.5) is 0 Å². The first kappa shape index (κ1) is 13.0. The molecule has 2 nitrogen and oxygen atoms in total. The van der Waals surface area contributed by atoms with Crippen LogP contribution in [0, 0.1) is 0 Å². The molecule has 0 aromatic carbocycles. The van der Waals surface area contributed by atoms with Gasteiger partial charge >= 0.3 is 0 Å². The van der Waals surface area contributed by atoms with E-state index in [0.29, 0.717) is 11.9 Å². The Balaban J connectivity index is 2.15. The van der Waals surface area contributed by atoms with Crippen molar-refractivity contribution in [2.24, 2.45) is 0 Å². The maximum absolute atomic E-state index is 8.91. The monoisotopic (exact) mass is 246 g/mol. The van der Waals surface area contributed by atoms with Crippen LogP contribution >= 0.6 is 21.6 Å². The molecule has 1 N–H and O–H groups in total. The number of aliphatic hydroxyl groups excluding tert-OH is 1. The quantitative estimate of drug-likeness (QED) is 0.709. The second kappa shape index (κ2) is 8.13. The van der Waals surface area contributed by atoms with E-state index in [-0.39, 0.29) is 0 Å². The van der Waals surface area contributed by atoms with E-state index in [9.17, 15) is 0 Å². The number of furan rings is 1. The minimum Gasteiger partial charge on any atom is -0.468 e. The average Bonchev–Trinajstić information content (AvgIpc) is 2.71. The SMILES string of the molecule is CCCC(CCO)SSCc1ccco1. The molecule has 0 radical (unpaired) electrons. The topological polar surface area (TPSA) is 33.4 Å². The summed E-state index contributed by atoms with van der Waals surface area (Å²) in [7, 11) is 3.68. The van der Waals surface area contributed by atoms with Crippen molar-refractivity contribution in [3.8, 4) is 0 Å². The lowest BCUT2D eigenvalue weighted by Crippen LogP contribution is -2.03. The Kier molecular flexibility index (Phi) is 7.05. The fraction of sp³-hybridized carbons (Fsp3) is 0.636. The van der Waals surface area contributed by atoms with Crippen molar-refractivity contribution < 1.29 is 9.52 Å². The fourth-order valence-electron chi connectivity index (χ4n) is 1.29. The highest BCUT2D eigenvalue weighted by molar-refractivity contribution is 8.76. The number of rotatable bonds is 8. The smallest absolute Gasteiger partial charge is 0.114 e. The van der Waals surface area contributed by atoms with E-state index >= 15 is 0 Å². The van der Waals surface area contributed by atoms with Crippen molar-refractivity contribution >= 4 is 21.6 Å². The zero-order valence-corrected chi connectivity index (χ0v) is 10.6. The lowest BCUT2D eigenvalue weighted by Gasteiger charge is -2.12. The summed E-state index contributed by atoms with van der Waals surface area (Å²) in [5, 5.41) is 9.47. The van der Waals surface area contributed by atoms with Gasteiger partial charge in [0.15, 0.2) is 0 Å². The average molecular weight is 246 g/mol. The number of aliphatic hydroxyl groups is 1. The Morgan fingerprint density at radius 3 is 2.93 bits per heavy atom. The minimum absolute atomic E-state index is 0.291. The first-order chi connectivity index (χ1) is 7.36. The standard InChI is InChI=1S/C11H18O2S2/c1-2-4-11(6-7-12)15-14-9-10-5-3-8-13-10/h3,5,8,11-12H,2,4,6-7,9H2,1H3. The predicted molar refractivity (Wildman–Crippen MR) is 68.0 cm³/mol. The molecule has 0 aliphatic heterocycles. The van der Waals surface area contributed by atoms with Gasteiger partial charge in [-0.05, 0) is 25.0 Å². The van der Waals surface area contributed by atoms with Gasteiger partial charge in [-0.25, -0.2) is 0 Å². The summed E-state index contributed by atoms with van der Waals surface area (Å²) in [6, 6.07) is 3.91. The van der Waals surface area contributed by atoms with Crippen LogP contribution in [0.15, 0.2) is 22.8 Å². The molecule has 0 fully saturated rings. The summed E-state index contributed by atoms with van der Waals surface area (Å²) in [6.45, 7) is 2.47. The molecule has 1 atom stereocenters. The van der Waals surface area contributed by atoms with Gasteiger partial charge in [0.05, 0.1) is 12.0 Å². The summed E-state index contributed by atoms with van der Waals surface area (Å²) in [5.41, 5.74) is 0. The Labute approximate surface area is 99.2 Å². The van der Waals surface area contributed by atoms with Crippen LogP contribution in [0.2, 0.25) is 0 Å². The highest BCUT2D eigenvalue weighted by Crippen LogP contribution is 2.33. The van der Waals surface area contributed by atoms with Crippen LogP contribution in [-0.2, 0) is 5.75 Å². The zero-order valence-electron chi connectivity index (χ0n) is 9.02. The molecule has 0 aliphatic rings. The molecule has 1 heterocycles. The minimum atomic E-state index is 0.291. The van der Waals surface area contributed by atoms with Gasteiger partial charge in [0.2, 0.25) is 0 Å². The lowest BCUT2D eigenvalue weighted by molar-refractivity contribution is 0.285. The van der Waals surface area contributed by atoms with Crippen molar-refractivity contribution in [2.45, 2.75) is 37.2 Å². The predicted octanol–water partition coefficient (Wildman–Crippen LogP) is 3.71. The van der Waals surface area contributed by atoms with Gasteiger partial charge in [-0.15, -0.1) is 0 Å². The lowest BCUT2D eigenvalue weighted by atomic mass is 10.2. The van der Waals surface area contributed by atoms with Crippen molar-refractivity contribution in [3.63, 3.8) is 0 Å². The molecular formula is C11H18O2S2. The van der Waals surface area contributed by atoms with Crippen molar-refractivity contribution in [2.75, 3.05) is 6.61 Å². The van der Waals surface area contributed by atoms with E-state index in [1.54, 1.807) is 6.26 Å². The molecule has 4 heteroatoms. The first-order valence-electron chi connectivity index (χ1n) is 5.28. The molecule has 0 spiro atoms. The van der Waals surface area contributed by atoms with Crippen LogP contribution in [0.1, 0.15) is 31.9 Å². The van der Waals surface area contributed by atoms with Gasteiger partial charge < -0.3 is 9.52 Å². The maximum Gasteiger partial charge on any atom is 0.114 e. The third kappa shape index (κ3) is 5.54. The molecule has 1 aromatic rings. The molecule has 0 aliphatic carbocycles. The van der Waals surface area contributed by atoms with Gasteiger partial charge in [-0.1, -0.05) is 34.9 Å². The van der Waals surface area contributed by atoms with E-state index in [4.69, 9.17) is 9.52 Å². The van der Waals surface area contributed by atoms with Gasteiger partial charge in [0.1, 0.15) is 5.76 Å². The number of hydrogen-bond donors (Lipinski definition) is 1. The van der Waals surface area contributed by atoms with E-state index in [1.165, 1.54) is 12.8 Å². The van der Waals surface area contributed by atoms with Crippen molar-refractivity contribution in [3.05, 3.63) is 24.2 Å². The van der Waals surface area contributed by atoms with E-state index in [1.807, 2.05) is 33.7 Å². The molecule has 1 rings (SSSR count). The Morgan fingerprint density at radius 1 is 1.47 bits per heavy atom. The molecule has 0 saturated heterocycles. The largest absolute Gasteiger partial charge is 0.468 e.